The predicted octanol–water partition coefficient (Wildman–Crippen LogP) is -0.161. The molecule has 2 heterocycles. The Labute approximate surface area is 123 Å². The highest BCUT2D eigenvalue weighted by Crippen LogP contribution is 2.30. The lowest BCUT2D eigenvalue weighted by Crippen LogP contribution is -2.41. The highest BCUT2D eigenvalue weighted by atomic mass is 16.6. The Morgan fingerprint density at radius 1 is 1.33 bits per heavy atom. The van der Waals surface area contributed by atoms with Gasteiger partial charge in [-0.2, -0.15) is 0 Å². The second-order valence-electron chi connectivity index (χ2n) is 5.37. The molecule has 0 saturated carbocycles. The second kappa shape index (κ2) is 6.32. The fraction of sp³-hybridized carbons (Fsp3) is 0.533. The molecule has 1 amide bonds. The zero-order chi connectivity index (χ0) is 14.7. The summed E-state index contributed by atoms with van der Waals surface area (Å²) in [7, 11) is 0. The number of benzene rings is 1. The predicted molar refractivity (Wildman–Crippen MR) is 76.6 cm³/mol. The van der Waals surface area contributed by atoms with E-state index in [1.54, 1.807) is 0 Å². The fourth-order valence-electron chi connectivity index (χ4n) is 2.61. The van der Waals surface area contributed by atoms with Crippen LogP contribution in [0.2, 0.25) is 0 Å². The molecule has 1 saturated heterocycles. The first-order valence-electron chi connectivity index (χ1n) is 7.30. The number of fused-ring (bicyclic) bond motifs is 1. The van der Waals surface area contributed by atoms with E-state index in [0.717, 1.165) is 23.5 Å². The van der Waals surface area contributed by atoms with Crippen molar-refractivity contribution in [3.8, 4) is 11.5 Å². The summed E-state index contributed by atoms with van der Waals surface area (Å²) < 4.78 is 11.0. The molecule has 2 atom stereocenters. The van der Waals surface area contributed by atoms with E-state index in [4.69, 9.17) is 9.47 Å². The van der Waals surface area contributed by atoms with E-state index >= 15 is 0 Å². The summed E-state index contributed by atoms with van der Waals surface area (Å²) >= 11 is 0. The average Bonchev–Trinajstić information content (AvgIpc) is 2.94. The number of nitrogens with one attached hydrogen (secondary N) is 2. The normalized spacial score (nSPS) is 23.9. The molecule has 1 aromatic carbocycles. The lowest BCUT2D eigenvalue weighted by atomic mass is 10.1. The number of carbonyl (C=O) groups is 1. The van der Waals surface area contributed by atoms with Gasteiger partial charge in [-0.25, -0.2) is 0 Å². The summed E-state index contributed by atoms with van der Waals surface area (Å²) in [5.41, 5.74) is 1.10. The molecule has 6 nitrogen and oxygen atoms in total. The number of hydrogen-bond donors (Lipinski definition) is 3. The van der Waals surface area contributed by atoms with Crippen LogP contribution in [0.3, 0.4) is 0 Å². The third kappa shape index (κ3) is 3.46. The van der Waals surface area contributed by atoms with E-state index in [0.29, 0.717) is 32.7 Å². The zero-order valence-electron chi connectivity index (χ0n) is 11.8. The molecule has 2 aliphatic rings. The van der Waals surface area contributed by atoms with Gasteiger partial charge in [0.15, 0.2) is 11.5 Å². The summed E-state index contributed by atoms with van der Waals surface area (Å²) in [5, 5.41) is 15.3. The third-order valence-electron chi connectivity index (χ3n) is 3.74. The zero-order valence-corrected chi connectivity index (χ0v) is 11.8. The van der Waals surface area contributed by atoms with Crippen molar-refractivity contribution in [3.63, 3.8) is 0 Å². The number of hydrogen-bond acceptors (Lipinski definition) is 5. The monoisotopic (exact) mass is 292 g/mol. The van der Waals surface area contributed by atoms with Crippen molar-refractivity contribution >= 4 is 5.91 Å². The van der Waals surface area contributed by atoms with Crippen LogP contribution in [0.15, 0.2) is 18.2 Å². The summed E-state index contributed by atoms with van der Waals surface area (Å²) in [4.78, 5) is 11.9. The van der Waals surface area contributed by atoms with Gasteiger partial charge in [-0.05, 0) is 30.5 Å². The van der Waals surface area contributed by atoms with E-state index in [9.17, 15) is 9.90 Å². The topological polar surface area (TPSA) is 79.8 Å². The Morgan fingerprint density at radius 3 is 2.90 bits per heavy atom. The van der Waals surface area contributed by atoms with Crippen molar-refractivity contribution in [2.45, 2.75) is 25.0 Å². The molecule has 1 fully saturated rings. The van der Waals surface area contributed by atoms with Crippen LogP contribution in [0.4, 0.5) is 0 Å². The summed E-state index contributed by atoms with van der Waals surface area (Å²) in [6.45, 7) is 2.21. The van der Waals surface area contributed by atoms with Gasteiger partial charge in [-0.15, -0.1) is 0 Å². The van der Waals surface area contributed by atoms with E-state index in [1.807, 2.05) is 18.2 Å². The molecule has 3 rings (SSSR count). The van der Waals surface area contributed by atoms with Crippen molar-refractivity contribution in [1.29, 1.82) is 0 Å². The van der Waals surface area contributed by atoms with Crippen LogP contribution in [-0.2, 0) is 11.2 Å². The quantitative estimate of drug-likeness (QED) is 0.718. The SMILES string of the molecule is O=C(NCCc1ccc2c(c1)OCCO2)[C@H]1C[C@@H](O)CN1. The van der Waals surface area contributed by atoms with Gasteiger partial charge in [0, 0.05) is 13.1 Å². The number of aliphatic hydroxyl groups excluding tert-OH is 1. The van der Waals surface area contributed by atoms with Crippen molar-refractivity contribution in [2.24, 2.45) is 0 Å². The molecule has 0 bridgehead atoms. The van der Waals surface area contributed by atoms with Crippen molar-refractivity contribution in [3.05, 3.63) is 23.8 Å². The highest BCUT2D eigenvalue weighted by molar-refractivity contribution is 5.82. The van der Waals surface area contributed by atoms with Gasteiger partial charge in [0.05, 0.1) is 12.1 Å². The first-order valence-corrected chi connectivity index (χ1v) is 7.30. The summed E-state index contributed by atoms with van der Waals surface area (Å²) in [6.07, 6.45) is 0.798. The molecule has 0 unspecified atom stereocenters. The Balaban J connectivity index is 1.48. The Morgan fingerprint density at radius 2 is 2.14 bits per heavy atom. The number of rotatable bonds is 4. The maximum absolute atomic E-state index is 11.9. The number of carbonyl (C=O) groups excluding carboxylic acids is 1. The van der Waals surface area contributed by atoms with E-state index in [2.05, 4.69) is 10.6 Å². The second-order valence-corrected chi connectivity index (χ2v) is 5.37. The molecule has 0 aromatic heterocycles. The average molecular weight is 292 g/mol. The van der Waals surface area contributed by atoms with Gasteiger partial charge in [-0.3, -0.25) is 4.79 Å². The first-order chi connectivity index (χ1) is 10.2. The Kier molecular flexibility index (Phi) is 4.26. The molecule has 0 radical (unpaired) electrons. The van der Waals surface area contributed by atoms with Crippen LogP contribution < -0.4 is 20.1 Å². The van der Waals surface area contributed by atoms with Gasteiger partial charge >= 0.3 is 0 Å². The van der Waals surface area contributed by atoms with Crippen LogP contribution in [0, 0.1) is 0 Å². The largest absolute Gasteiger partial charge is 0.486 e. The fourth-order valence-corrected chi connectivity index (χ4v) is 2.61. The van der Waals surface area contributed by atoms with Crippen LogP contribution in [0.25, 0.3) is 0 Å². The summed E-state index contributed by atoms with van der Waals surface area (Å²) in [6, 6.07) is 5.57. The smallest absolute Gasteiger partial charge is 0.237 e. The minimum absolute atomic E-state index is 0.0518. The standard InChI is InChI=1S/C15H20N2O4/c18-11-8-12(17-9-11)15(19)16-4-3-10-1-2-13-14(7-10)21-6-5-20-13/h1-2,7,11-12,17-18H,3-6,8-9H2,(H,16,19)/t11-,12-/m1/s1. The maximum Gasteiger partial charge on any atom is 0.237 e. The molecule has 21 heavy (non-hydrogen) atoms. The van der Waals surface area contributed by atoms with Crippen LogP contribution in [0.1, 0.15) is 12.0 Å². The van der Waals surface area contributed by atoms with Crippen LogP contribution >= 0.6 is 0 Å². The van der Waals surface area contributed by atoms with Crippen molar-refractivity contribution in [1.82, 2.24) is 10.6 Å². The van der Waals surface area contributed by atoms with Gasteiger partial charge in [0.1, 0.15) is 13.2 Å². The number of amides is 1. The van der Waals surface area contributed by atoms with E-state index < -0.39 is 6.10 Å². The van der Waals surface area contributed by atoms with Crippen LogP contribution in [0.5, 0.6) is 11.5 Å². The highest BCUT2D eigenvalue weighted by Gasteiger charge is 2.27. The molecule has 3 N–H and O–H groups in total. The third-order valence-corrected chi connectivity index (χ3v) is 3.74. The minimum Gasteiger partial charge on any atom is -0.486 e. The summed E-state index contributed by atoms with van der Waals surface area (Å²) in [5.74, 6) is 1.49. The number of aliphatic hydroxyl groups is 1. The van der Waals surface area contributed by atoms with Crippen LogP contribution in [-0.4, -0.2) is 49.5 Å². The van der Waals surface area contributed by atoms with Gasteiger partial charge in [0.2, 0.25) is 5.91 Å². The lowest BCUT2D eigenvalue weighted by Gasteiger charge is -2.19. The molecular formula is C15H20N2O4. The maximum atomic E-state index is 11.9. The molecule has 0 aliphatic carbocycles. The number of ether oxygens (including phenoxy) is 2. The van der Waals surface area contributed by atoms with Gasteiger partial charge < -0.3 is 25.2 Å². The van der Waals surface area contributed by atoms with Gasteiger partial charge in [-0.1, -0.05) is 6.07 Å². The lowest BCUT2D eigenvalue weighted by molar-refractivity contribution is -0.122. The van der Waals surface area contributed by atoms with Gasteiger partial charge in [0.25, 0.3) is 0 Å². The Bertz CT molecular complexity index is 520. The van der Waals surface area contributed by atoms with Crippen molar-refractivity contribution < 1.29 is 19.4 Å². The van der Waals surface area contributed by atoms with E-state index in [1.165, 1.54) is 0 Å². The molecular weight excluding hydrogens is 272 g/mol. The number of β-amino-alcohol motifs (C(OH)–C–C–N with tert-alkyl or cyclic N) is 1. The molecule has 1 aromatic rings. The Hall–Kier alpha value is -1.79. The van der Waals surface area contributed by atoms with Crippen molar-refractivity contribution in [2.75, 3.05) is 26.3 Å². The minimum atomic E-state index is -0.418. The molecule has 6 heteroatoms. The molecule has 114 valence electrons. The molecule has 0 spiro atoms. The molecule has 2 aliphatic heterocycles. The first kappa shape index (κ1) is 14.2. The van der Waals surface area contributed by atoms with E-state index in [-0.39, 0.29) is 11.9 Å².